The van der Waals surface area contributed by atoms with Gasteiger partial charge in [-0.1, -0.05) is 12.1 Å². The van der Waals surface area contributed by atoms with Gasteiger partial charge >= 0.3 is 23.9 Å². The molecule has 0 aromatic heterocycles. The standard InChI is InChI=1S/C36H48N8O13/c45-28(39-27(36(56)57)6-1-2-9-44-30(47)7-8-31(44)48)20-38-35(55)26-5-3-4-25(18-26)19-37-29(46)21-40-10-12-41(22-32(49)50)14-16-43(24-34(53)54)17-15-42(13-11-40)23-33(51)52/h3-5,7-8,10,12,18,27H,1-2,6,9,11,13-17,19-24H2,(H,37,46)(H,38,55)(H,39,45)(H,49,50)(H,51,52)(H,53,54)(H,56,57)/b12-10-/t27-/m0/s1. The largest absolute Gasteiger partial charge is 0.480 e. The van der Waals surface area contributed by atoms with Gasteiger partial charge in [-0.25, -0.2) is 4.79 Å². The van der Waals surface area contributed by atoms with Crippen molar-refractivity contribution in [3.63, 3.8) is 0 Å². The number of carbonyl (C=O) groups is 9. The molecule has 7 N–H and O–H groups in total. The maximum Gasteiger partial charge on any atom is 0.326 e. The second-order valence-electron chi connectivity index (χ2n) is 13.2. The lowest BCUT2D eigenvalue weighted by Gasteiger charge is -2.31. The lowest BCUT2D eigenvalue weighted by molar-refractivity contribution is -0.142. The van der Waals surface area contributed by atoms with Crippen LogP contribution in [0.5, 0.6) is 0 Å². The topological polar surface area (TPSA) is 287 Å². The lowest BCUT2D eigenvalue weighted by Crippen LogP contribution is -2.46. The summed E-state index contributed by atoms with van der Waals surface area (Å²) in [7, 11) is 0. The predicted molar refractivity (Wildman–Crippen MR) is 198 cm³/mol. The zero-order chi connectivity index (χ0) is 41.9. The summed E-state index contributed by atoms with van der Waals surface area (Å²) in [6.07, 6.45) is 5.97. The molecule has 2 heterocycles. The van der Waals surface area contributed by atoms with Crippen LogP contribution < -0.4 is 16.0 Å². The summed E-state index contributed by atoms with van der Waals surface area (Å²) < 4.78 is 0. The van der Waals surface area contributed by atoms with Gasteiger partial charge in [0.25, 0.3) is 17.7 Å². The molecule has 310 valence electrons. The van der Waals surface area contributed by atoms with E-state index in [-0.39, 0.29) is 90.5 Å². The van der Waals surface area contributed by atoms with Gasteiger partial charge in [0.1, 0.15) is 12.6 Å². The number of nitrogens with one attached hydrogen (secondary N) is 3. The summed E-state index contributed by atoms with van der Waals surface area (Å²) >= 11 is 0. The Balaban J connectivity index is 1.53. The SMILES string of the molecule is O=C(O)CN1/C=C\N(CC(=O)NCc2cccc(C(=O)NCC(=O)N[C@@H](CCCCN3C(=O)C=CC3=O)C(=O)O)c2)CCN(CC(=O)O)CCN(CC(=O)O)CC1. The van der Waals surface area contributed by atoms with Gasteiger partial charge in [0.2, 0.25) is 11.8 Å². The van der Waals surface area contributed by atoms with E-state index in [4.69, 9.17) is 0 Å². The Hall–Kier alpha value is -6.35. The highest BCUT2D eigenvalue weighted by Crippen LogP contribution is 2.09. The average molecular weight is 801 g/mol. The predicted octanol–water partition coefficient (Wildman–Crippen LogP) is -2.36. The van der Waals surface area contributed by atoms with Crippen LogP contribution >= 0.6 is 0 Å². The Bertz CT molecular complexity index is 1700. The molecular weight excluding hydrogens is 752 g/mol. The first kappa shape index (κ1) is 45.0. The van der Waals surface area contributed by atoms with Crippen molar-refractivity contribution < 1.29 is 63.6 Å². The fourth-order valence-electron chi connectivity index (χ4n) is 5.82. The van der Waals surface area contributed by atoms with Gasteiger partial charge < -0.3 is 46.2 Å². The van der Waals surface area contributed by atoms with Crippen LogP contribution in [-0.2, 0) is 44.9 Å². The number of carboxylic acids is 4. The van der Waals surface area contributed by atoms with E-state index < -0.39 is 66.0 Å². The Labute approximate surface area is 327 Å². The molecule has 3 rings (SSSR count). The molecule has 0 fully saturated rings. The van der Waals surface area contributed by atoms with Gasteiger partial charge in [0.15, 0.2) is 0 Å². The minimum atomic E-state index is -1.29. The van der Waals surface area contributed by atoms with Crippen LogP contribution in [0.3, 0.4) is 0 Å². The highest BCUT2D eigenvalue weighted by Gasteiger charge is 2.24. The van der Waals surface area contributed by atoms with E-state index in [0.29, 0.717) is 18.4 Å². The highest BCUT2D eigenvalue weighted by atomic mass is 16.4. The number of nitrogens with zero attached hydrogens (tertiary/aromatic N) is 5. The number of unbranched alkanes of at least 4 members (excludes halogenated alkanes) is 1. The summed E-state index contributed by atoms with van der Waals surface area (Å²) in [4.78, 5) is 115. The van der Waals surface area contributed by atoms with Crippen LogP contribution in [0.15, 0.2) is 48.8 Å². The highest BCUT2D eigenvalue weighted by molar-refractivity contribution is 6.12. The van der Waals surface area contributed by atoms with Crippen molar-refractivity contribution in [2.24, 2.45) is 0 Å². The van der Waals surface area contributed by atoms with E-state index in [0.717, 1.165) is 17.1 Å². The molecule has 1 aromatic rings. The molecule has 0 radical (unpaired) electrons. The van der Waals surface area contributed by atoms with Crippen LogP contribution in [0.1, 0.15) is 35.2 Å². The Morgan fingerprint density at radius 2 is 1.23 bits per heavy atom. The smallest absolute Gasteiger partial charge is 0.326 e. The van der Waals surface area contributed by atoms with Gasteiger partial charge in [-0.2, -0.15) is 0 Å². The number of imide groups is 1. The summed E-state index contributed by atoms with van der Waals surface area (Å²) in [5.41, 5.74) is 0.699. The van der Waals surface area contributed by atoms with Crippen LogP contribution in [0.4, 0.5) is 0 Å². The van der Waals surface area contributed by atoms with Gasteiger partial charge in [-0.3, -0.25) is 53.1 Å². The first-order valence-electron chi connectivity index (χ1n) is 18.1. The minimum Gasteiger partial charge on any atom is -0.480 e. The van der Waals surface area contributed by atoms with Crippen molar-refractivity contribution in [1.82, 2.24) is 40.4 Å². The fraction of sp³-hybridized carbons (Fsp3) is 0.472. The first-order chi connectivity index (χ1) is 27.1. The monoisotopic (exact) mass is 800 g/mol. The van der Waals surface area contributed by atoms with Crippen molar-refractivity contribution in [2.45, 2.75) is 31.8 Å². The van der Waals surface area contributed by atoms with Crippen LogP contribution in [-0.4, -0.2) is 183 Å². The second kappa shape index (κ2) is 22.9. The molecule has 0 saturated carbocycles. The fourth-order valence-corrected chi connectivity index (χ4v) is 5.82. The molecule has 21 nitrogen and oxygen atoms in total. The van der Waals surface area contributed by atoms with Crippen molar-refractivity contribution in [3.8, 4) is 0 Å². The summed E-state index contributed by atoms with van der Waals surface area (Å²) in [6.45, 7) is -0.463. The van der Waals surface area contributed by atoms with Gasteiger partial charge in [0.05, 0.1) is 26.2 Å². The van der Waals surface area contributed by atoms with E-state index in [9.17, 15) is 63.6 Å². The number of hydrogen-bond donors (Lipinski definition) is 7. The van der Waals surface area contributed by atoms with Crippen molar-refractivity contribution >= 4 is 53.4 Å². The molecular formula is C36H48N8O13. The second-order valence-corrected chi connectivity index (χ2v) is 13.2. The van der Waals surface area contributed by atoms with Crippen molar-refractivity contribution in [2.75, 3.05) is 78.5 Å². The van der Waals surface area contributed by atoms with Crippen LogP contribution in [0.25, 0.3) is 0 Å². The Kier molecular flexibility index (Phi) is 18.1. The number of aliphatic carboxylic acids is 4. The van der Waals surface area contributed by atoms with Gasteiger partial charge in [-0.15, -0.1) is 0 Å². The van der Waals surface area contributed by atoms with Crippen molar-refractivity contribution in [1.29, 1.82) is 0 Å². The molecule has 1 atom stereocenters. The Morgan fingerprint density at radius 1 is 0.667 bits per heavy atom. The minimum absolute atomic E-state index is 0.00453. The maximum absolute atomic E-state index is 13.1. The van der Waals surface area contributed by atoms with E-state index in [1.54, 1.807) is 26.8 Å². The van der Waals surface area contributed by atoms with Crippen LogP contribution in [0, 0.1) is 0 Å². The molecule has 2 aliphatic rings. The summed E-state index contributed by atoms with van der Waals surface area (Å²) in [5.74, 6) is -7.28. The normalized spacial score (nSPS) is 16.6. The molecule has 0 saturated heterocycles. The van der Waals surface area contributed by atoms with Crippen molar-refractivity contribution in [3.05, 3.63) is 59.9 Å². The number of rotatable bonds is 20. The Morgan fingerprint density at radius 3 is 1.79 bits per heavy atom. The average Bonchev–Trinajstić information content (AvgIpc) is 3.47. The van der Waals surface area contributed by atoms with E-state index in [2.05, 4.69) is 16.0 Å². The molecule has 57 heavy (non-hydrogen) atoms. The van der Waals surface area contributed by atoms with Crippen LogP contribution in [0.2, 0.25) is 0 Å². The molecule has 1 aromatic carbocycles. The first-order valence-corrected chi connectivity index (χ1v) is 18.1. The lowest BCUT2D eigenvalue weighted by atomic mass is 10.1. The van der Waals surface area contributed by atoms with E-state index >= 15 is 0 Å². The van der Waals surface area contributed by atoms with E-state index in [1.165, 1.54) is 29.4 Å². The number of hydrogen-bond acceptors (Lipinski definition) is 13. The third-order valence-electron chi connectivity index (χ3n) is 8.78. The molecule has 0 spiro atoms. The third-order valence-corrected chi connectivity index (χ3v) is 8.78. The number of benzene rings is 1. The van der Waals surface area contributed by atoms with Gasteiger partial charge in [0, 0.05) is 82.5 Å². The number of carboxylic acid groups (broad SMARTS) is 4. The van der Waals surface area contributed by atoms with Gasteiger partial charge in [-0.05, 0) is 37.0 Å². The molecule has 0 bridgehead atoms. The molecule has 2 aliphatic heterocycles. The zero-order valence-electron chi connectivity index (χ0n) is 31.2. The quantitative estimate of drug-likeness (QED) is 0.0537. The zero-order valence-corrected chi connectivity index (χ0v) is 31.2. The van der Waals surface area contributed by atoms with E-state index in [1.807, 2.05) is 0 Å². The number of carbonyl (C=O) groups excluding carboxylic acids is 5. The molecule has 0 unspecified atom stereocenters. The maximum atomic E-state index is 13.1. The third kappa shape index (κ3) is 16.9. The summed E-state index contributed by atoms with van der Waals surface area (Å²) in [5, 5.41) is 45.2. The molecule has 21 heteroatoms. The molecule has 5 amide bonds. The molecule has 0 aliphatic carbocycles. The summed E-state index contributed by atoms with van der Waals surface area (Å²) in [6, 6.07) is 4.95. The number of amides is 5.